The first kappa shape index (κ1) is 19.9. The van der Waals surface area contributed by atoms with Crippen LogP contribution in [0.2, 0.25) is 0 Å². The van der Waals surface area contributed by atoms with E-state index < -0.39 is 5.69 Å². The topological polar surface area (TPSA) is 21.7 Å². The zero-order chi connectivity index (χ0) is 16.1. The van der Waals surface area contributed by atoms with Crippen LogP contribution in [0.1, 0.15) is 60.8 Å². The highest BCUT2D eigenvalue weighted by molar-refractivity contribution is 8.67. The van der Waals surface area contributed by atoms with Gasteiger partial charge in [-0.05, 0) is 35.5 Å². The van der Waals surface area contributed by atoms with Gasteiger partial charge in [-0.15, -0.1) is 0 Å². The summed E-state index contributed by atoms with van der Waals surface area (Å²) in [7, 11) is 0. The molecule has 0 aliphatic carbocycles. The molecule has 0 bridgehead atoms. The number of rotatable bonds is 6. The van der Waals surface area contributed by atoms with Gasteiger partial charge >= 0.3 is 0 Å². The Balaban J connectivity index is 2.65. The molecule has 1 heterocycles. The summed E-state index contributed by atoms with van der Waals surface area (Å²) >= 11 is 7.47. The van der Waals surface area contributed by atoms with Crippen molar-refractivity contribution < 1.29 is 9.05 Å². The van der Waals surface area contributed by atoms with Crippen LogP contribution in [-0.4, -0.2) is 30.6 Å². The van der Waals surface area contributed by atoms with Gasteiger partial charge in [0.05, 0.1) is 13.2 Å². The zero-order valence-electron chi connectivity index (χ0n) is 14.5. The van der Waals surface area contributed by atoms with Crippen LogP contribution in [0, 0.1) is 10.8 Å². The van der Waals surface area contributed by atoms with Crippen molar-refractivity contribution >= 4 is 29.1 Å². The van der Waals surface area contributed by atoms with Gasteiger partial charge in [-0.1, -0.05) is 48.0 Å². The van der Waals surface area contributed by atoms with E-state index in [1.54, 1.807) is 11.6 Å². The van der Waals surface area contributed by atoms with E-state index >= 15 is 0 Å². The van der Waals surface area contributed by atoms with E-state index in [-0.39, 0.29) is 10.8 Å². The van der Waals surface area contributed by atoms with Crippen molar-refractivity contribution in [2.45, 2.75) is 60.8 Å². The second-order valence-electron chi connectivity index (χ2n) is 8.19. The van der Waals surface area contributed by atoms with Gasteiger partial charge in [0.1, 0.15) is 0 Å². The summed E-state index contributed by atoms with van der Waals surface area (Å²) in [4.78, 5) is 0. The largest absolute Gasteiger partial charge is 0.320 e. The monoisotopic (exact) mass is 353 g/mol. The van der Waals surface area contributed by atoms with Gasteiger partial charge in [0, 0.05) is 24.7 Å². The highest BCUT2D eigenvalue weighted by Crippen LogP contribution is 2.63. The maximum Gasteiger partial charge on any atom is 0.262 e. The Bertz CT molecular complexity index is 336. The molecule has 0 unspecified atom stereocenters. The van der Waals surface area contributed by atoms with Crippen molar-refractivity contribution in [1.29, 1.82) is 0 Å². The molecule has 1 fully saturated rings. The predicted octanol–water partition coefficient (Wildman–Crippen LogP) is 5.47. The minimum atomic E-state index is -2.30. The van der Waals surface area contributed by atoms with Crippen LogP contribution >= 0.6 is 17.3 Å². The fourth-order valence-electron chi connectivity index (χ4n) is 1.72. The lowest BCUT2D eigenvalue weighted by molar-refractivity contribution is 0.155. The molecule has 3 nitrogen and oxygen atoms in total. The summed E-state index contributed by atoms with van der Waals surface area (Å²) in [5.41, 5.74) is -2.09. The Morgan fingerprint density at radius 2 is 1.33 bits per heavy atom. The molecule has 0 aromatic rings. The fraction of sp³-hybridized carbons (Fsp3) is 1.00. The number of hydrogen-bond donors (Lipinski definition) is 0. The third kappa shape index (κ3) is 9.58. The molecule has 0 atom stereocenters. The molecule has 0 aromatic heterocycles. The van der Waals surface area contributed by atoms with Crippen LogP contribution in [0.5, 0.6) is 0 Å². The molecule has 126 valence electrons. The summed E-state index contributed by atoms with van der Waals surface area (Å²) in [6.07, 6.45) is 3.83. The Hall–Kier alpha value is 0.880. The van der Waals surface area contributed by atoms with Crippen LogP contribution in [-0.2, 0) is 20.9 Å². The van der Waals surface area contributed by atoms with Crippen molar-refractivity contribution in [3.8, 4) is 0 Å². The molecule has 21 heavy (non-hydrogen) atoms. The standard InChI is InChI=1S/C15H32NO2PS2/c1-14(2,3)12-17-19(20,18-13-15(4,5)6)21-16-10-8-7-9-11-16/h7-13H2,1-6H3. The summed E-state index contributed by atoms with van der Waals surface area (Å²) in [5, 5.41) is 0. The van der Waals surface area contributed by atoms with E-state index in [0.717, 1.165) is 13.1 Å². The lowest BCUT2D eigenvalue weighted by Gasteiger charge is -2.33. The van der Waals surface area contributed by atoms with Crippen LogP contribution in [0.25, 0.3) is 0 Å². The average Bonchev–Trinajstić information content (AvgIpc) is 2.34. The number of hydrogen-bond acceptors (Lipinski definition) is 5. The van der Waals surface area contributed by atoms with Gasteiger partial charge in [-0.2, -0.15) is 0 Å². The summed E-state index contributed by atoms with van der Waals surface area (Å²) in [6.45, 7) is 16.5. The smallest absolute Gasteiger partial charge is 0.262 e. The average molecular weight is 354 g/mol. The van der Waals surface area contributed by atoms with Crippen LogP contribution in [0.4, 0.5) is 0 Å². The molecule has 1 aliphatic heterocycles. The molecule has 0 saturated carbocycles. The molecule has 0 spiro atoms. The molecule has 1 rings (SSSR count). The second kappa shape index (κ2) is 8.12. The van der Waals surface area contributed by atoms with Gasteiger partial charge in [0.25, 0.3) is 5.69 Å². The fourth-order valence-corrected chi connectivity index (χ4v) is 6.78. The molecule has 1 aliphatic rings. The van der Waals surface area contributed by atoms with Crippen molar-refractivity contribution in [3.05, 3.63) is 0 Å². The van der Waals surface area contributed by atoms with E-state index in [0.29, 0.717) is 13.2 Å². The first-order chi connectivity index (χ1) is 9.49. The lowest BCUT2D eigenvalue weighted by Crippen LogP contribution is -2.24. The van der Waals surface area contributed by atoms with Crippen LogP contribution in [0.15, 0.2) is 0 Å². The van der Waals surface area contributed by atoms with Crippen molar-refractivity contribution in [3.63, 3.8) is 0 Å². The van der Waals surface area contributed by atoms with Gasteiger partial charge < -0.3 is 9.05 Å². The van der Waals surface area contributed by atoms with Gasteiger partial charge in [0.2, 0.25) is 0 Å². The molecule has 0 radical (unpaired) electrons. The molecule has 1 saturated heterocycles. The van der Waals surface area contributed by atoms with Gasteiger partial charge in [0.15, 0.2) is 0 Å². The van der Waals surface area contributed by atoms with Crippen LogP contribution in [0.3, 0.4) is 0 Å². The minimum absolute atomic E-state index is 0.109. The normalized spacial score (nSPS) is 19.0. The first-order valence-electron chi connectivity index (χ1n) is 7.83. The van der Waals surface area contributed by atoms with Gasteiger partial charge in [-0.3, -0.25) is 0 Å². The van der Waals surface area contributed by atoms with E-state index in [2.05, 4.69) is 45.8 Å². The number of piperidine rings is 1. The zero-order valence-corrected chi connectivity index (χ0v) is 17.0. The highest BCUT2D eigenvalue weighted by atomic mass is 32.9. The Labute approximate surface area is 140 Å². The summed E-state index contributed by atoms with van der Waals surface area (Å²) in [5.74, 6) is 0. The lowest BCUT2D eigenvalue weighted by atomic mass is 9.99. The quantitative estimate of drug-likeness (QED) is 0.465. The summed E-state index contributed by atoms with van der Waals surface area (Å²) in [6, 6.07) is 0. The highest BCUT2D eigenvalue weighted by Gasteiger charge is 2.29. The SMILES string of the molecule is CC(C)(C)COP(=S)(OCC(C)(C)C)SN1CCCCC1. The first-order valence-corrected chi connectivity index (χ1v) is 11.8. The van der Waals surface area contributed by atoms with Crippen molar-refractivity contribution in [2.24, 2.45) is 10.8 Å². The molecule has 0 N–H and O–H groups in total. The third-order valence-electron chi connectivity index (χ3n) is 2.84. The molecule has 6 heteroatoms. The maximum atomic E-state index is 6.12. The molecular formula is C15H32NO2PS2. The Morgan fingerprint density at radius 3 is 1.71 bits per heavy atom. The third-order valence-corrected chi connectivity index (χ3v) is 7.69. The minimum Gasteiger partial charge on any atom is -0.320 e. The van der Waals surface area contributed by atoms with Crippen LogP contribution < -0.4 is 0 Å². The van der Waals surface area contributed by atoms with E-state index in [1.165, 1.54) is 19.3 Å². The Kier molecular flexibility index (Phi) is 7.70. The molecular weight excluding hydrogens is 321 g/mol. The Morgan fingerprint density at radius 1 is 0.905 bits per heavy atom. The predicted molar refractivity (Wildman–Crippen MR) is 98.1 cm³/mol. The summed E-state index contributed by atoms with van der Waals surface area (Å²) < 4.78 is 14.6. The van der Waals surface area contributed by atoms with Crippen molar-refractivity contribution in [1.82, 2.24) is 4.31 Å². The van der Waals surface area contributed by atoms with Gasteiger partial charge in [-0.25, -0.2) is 4.31 Å². The van der Waals surface area contributed by atoms with E-state index in [9.17, 15) is 0 Å². The molecule has 0 amide bonds. The second-order valence-corrected chi connectivity index (χ2v) is 14.3. The number of nitrogens with zero attached hydrogens (tertiary/aromatic N) is 1. The molecule has 0 aromatic carbocycles. The van der Waals surface area contributed by atoms with E-state index in [4.69, 9.17) is 20.9 Å². The van der Waals surface area contributed by atoms with E-state index in [1.807, 2.05) is 0 Å². The van der Waals surface area contributed by atoms with Crippen molar-refractivity contribution in [2.75, 3.05) is 26.3 Å². The maximum absolute atomic E-state index is 6.12.